The predicted octanol–water partition coefficient (Wildman–Crippen LogP) is 1.58. The fourth-order valence-electron chi connectivity index (χ4n) is 1.65. The van der Waals surface area contributed by atoms with Gasteiger partial charge in [-0.2, -0.15) is 0 Å². The number of aromatic nitrogens is 2. The van der Waals surface area contributed by atoms with Gasteiger partial charge in [0.05, 0.1) is 12.1 Å². The zero-order valence-electron chi connectivity index (χ0n) is 8.58. The van der Waals surface area contributed by atoms with E-state index in [9.17, 15) is 9.59 Å². The zero-order chi connectivity index (χ0) is 11.7. The Kier molecular flexibility index (Phi) is 2.99. The number of hydrogen-bond donors (Lipinski definition) is 2. The maximum absolute atomic E-state index is 11.8. The van der Waals surface area contributed by atoms with Crippen LogP contribution >= 0.6 is 22.6 Å². The summed E-state index contributed by atoms with van der Waals surface area (Å²) in [5.74, 6) is 0. The van der Waals surface area contributed by atoms with Gasteiger partial charge in [0.15, 0.2) is 5.43 Å². The molecule has 84 valence electrons. The molecule has 2 aromatic rings. The van der Waals surface area contributed by atoms with Crippen LogP contribution in [-0.2, 0) is 6.54 Å². The van der Waals surface area contributed by atoms with Gasteiger partial charge < -0.3 is 14.7 Å². The van der Waals surface area contributed by atoms with Crippen molar-refractivity contribution >= 4 is 32.2 Å². The van der Waals surface area contributed by atoms with Gasteiger partial charge in [-0.05, 0) is 6.92 Å². The molecule has 2 N–H and O–H groups in total. The molecule has 16 heavy (non-hydrogen) atoms. The van der Waals surface area contributed by atoms with E-state index in [-0.39, 0.29) is 15.9 Å². The number of carbonyl (C=O) groups is 1. The third kappa shape index (κ3) is 1.97. The van der Waals surface area contributed by atoms with Gasteiger partial charge in [0.2, 0.25) is 0 Å². The number of nitrogens with one attached hydrogen (secondary N) is 2. The summed E-state index contributed by atoms with van der Waals surface area (Å²) < 4.78 is 1.71. The Morgan fingerprint density at radius 3 is 3.06 bits per heavy atom. The first-order chi connectivity index (χ1) is 7.59. The number of pyridine rings is 1. The molecule has 5 nitrogen and oxygen atoms in total. The monoisotopic (exact) mass is 331 g/mol. The molecule has 0 spiro atoms. The van der Waals surface area contributed by atoms with E-state index in [0.29, 0.717) is 5.56 Å². The molecule has 0 unspecified atom stereocenters. The van der Waals surface area contributed by atoms with Crippen LogP contribution in [0.5, 0.6) is 0 Å². The quantitative estimate of drug-likeness (QED) is 0.499. The Morgan fingerprint density at radius 1 is 1.62 bits per heavy atom. The molecular formula is C10H10IN3O2. The lowest BCUT2D eigenvalue weighted by Crippen LogP contribution is -2.22. The number of aryl methyl sites for hydroxylation is 1. The summed E-state index contributed by atoms with van der Waals surface area (Å²) in [6, 6.07) is 1.57. The van der Waals surface area contributed by atoms with Crippen LogP contribution in [0, 0.1) is 6.92 Å². The molecule has 0 bridgehead atoms. The van der Waals surface area contributed by atoms with Crippen LogP contribution in [0.25, 0.3) is 5.65 Å². The van der Waals surface area contributed by atoms with Crippen molar-refractivity contribution in [3.05, 3.63) is 39.9 Å². The lowest BCUT2D eigenvalue weighted by molar-refractivity contribution is 0.262. The van der Waals surface area contributed by atoms with E-state index < -0.39 is 0 Å². The second kappa shape index (κ2) is 4.28. The predicted molar refractivity (Wildman–Crippen MR) is 69.0 cm³/mol. The van der Waals surface area contributed by atoms with Gasteiger partial charge in [0.25, 0.3) is 3.91 Å². The number of hydrogen-bond acceptors (Lipinski definition) is 2. The number of imidazole rings is 1. The maximum Gasteiger partial charge on any atom is 0.280 e. The first kappa shape index (κ1) is 11.2. The van der Waals surface area contributed by atoms with E-state index in [2.05, 4.69) is 10.3 Å². The van der Waals surface area contributed by atoms with Gasteiger partial charge in [0, 0.05) is 46.7 Å². The SMILES string of the molecule is Cc1cc(=O)c(CNC(=O)I)c2[nH]ccn12. The average Bonchev–Trinajstić information content (AvgIpc) is 2.65. The summed E-state index contributed by atoms with van der Waals surface area (Å²) in [7, 11) is 0. The van der Waals surface area contributed by atoms with E-state index in [1.165, 1.54) is 0 Å². The summed E-state index contributed by atoms with van der Waals surface area (Å²) in [5.41, 5.74) is 2.10. The summed E-state index contributed by atoms with van der Waals surface area (Å²) >= 11 is 1.64. The number of fused-ring (bicyclic) bond motifs is 1. The van der Waals surface area contributed by atoms with Crippen molar-refractivity contribution in [1.82, 2.24) is 14.7 Å². The number of carbonyl (C=O) groups excluding carboxylic acids is 1. The van der Waals surface area contributed by atoms with Gasteiger partial charge in [-0.15, -0.1) is 0 Å². The molecule has 0 saturated carbocycles. The highest BCUT2D eigenvalue weighted by molar-refractivity contribution is 14.1. The molecule has 0 saturated heterocycles. The molecule has 1 amide bonds. The molecule has 0 atom stereocenters. The maximum atomic E-state index is 11.8. The smallest absolute Gasteiger partial charge is 0.280 e. The van der Waals surface area contributed by atoms with Crippen molar-refractivity contribution in [2.75, 3.05) is 0 Å². The van der Waals surface area contributed by atoms with Gasteiger partial charge in [-0.1, -0.05) is 0 Å². The third-order valence-corrected chi connectivity index (χ3v) is 2.77. The summed E-state index contributed by atoms with van der Waals surface area (Å²) in [6.07, 6.45) is 3.61. The fourth-order valence-corrected chi connectivity index (χ4v) is 1.84. The first-order valence-corrected chi connectivity index (χ1v) is 5.79. The molecule has 0 radical (unpaired) electrons. The molecule has 0 fully saturated rings. The minimum Gasteiger partial charge on any atom is -0.346 e. The normalized spacial score (nSPS) is 10.6. The Bertz CT molecular complexity index is 600. The lowest BCUT2D eigenvalue weighted by atomic mass is 10.2. The number of aromatic amines is 1. The molecule has 0 aromatic carbocycles. The van der Waals surface area contributed by atoms with E-state index in [4.69, 9.17) is 0 Å². The van der Waals surface area contributed by atoms with Gasteiger partial charge in [-0.3, -0.25) is 9.59 Å². The number of rotatable bonds is 2. The highest BCUT2D eigenvalue weighted by Crippen LogP contribution is 2.07. The number of amides is 1. The number of H-pyrrole nitrogens is 1. The first-order valence-electron chi connectivity index (χ1n) is 4.71. The lowest BCUT2D eigenvalue weighted by Gasteiger charge is -2.05. The van der Waals surface area contributed by atoms with E-state index >= 15 is 0 Å². The molecule has 2 rings (SSSR count). The molecule has 2 heterocycles. The Labute approximate surface area is 105 Å². The van der Waals surface area contributed by atoms with Crippen molar-refractivity contribution in [3.63, 3.8) is 0 Å². The standard InChI is InChI=1S/C10H10IN3O2/c1-6-4-8(15)7(5-13-10(11)16)9-12-2-3-14(6)9/h2-4,12H,5H2,1H3,(H,13,16). The number of nitrogens with zero attached hydrogens (tertiary/aromatic N) is 1. The van der Waals surface area contributed by atoms with Crippen LogP contribution in [-0.4, -0.2) is 13.3 Å². The molecular weight excluding hydrogens is 321 g/mol. The Morgan fingerprint density at radius 2 is 2.38 bits per heavy atom. The van der Waals surface area contributed by atoms with Crippen LogP contribution in [0.2, 0.25) is 0 Å². The van der Waals surface area contributed by atoms with Crippen molar-refractivity contribution in [3.8, 4) is 0 Å². The Balaban J connectivity index is 2.55. The van der Waals surface area contributed by atoms with Gasteiger partial charge in [-0.25, -0.2) is 0 Å². The minimum absolute atomic E-state index is 0.0647. The van der Waals surface area contributed by atoms with E-state index in [1.54, 1.807) is 34.9 Å². The third-order valence-electron chi connectivity index (χ3n) is 2.39. The average molecular weight is 331 g/mol. The molecule has 6 heteroatoms. The highest BCUT2D eigenvalue weighted by Gasteiger charge is 2.09. The molecule has 2 aromatic heterocycles. The fraction of sp³-hybridized carbons (Fsp3) is 0.200. The molecule has 0 aliphatic heterocycles. The van der Waals surface area contributed by atoms with Crippen LogP contribution in [0.1, 0.15) is 11.3 Å². The Hall–Kier alpha value is -1.31. The summed E-state index contributed by atoms with van der Waals surface area (Å²) in [6.45, 7) is 2.10. The second-order valence-electron chi connectivity index (χ2n) is 3.43. The summed E-state index contributed by atoms with van der Waals surface area (Å²) in [4.78, 5) is 25.6. The van der Waals surface area contributed by atoms with Gasteiger partial charge >= 0.3 is 0 Å². The summed E-state index contributed by atoms with van der Waals surface area (Å²) in [5, 5.41) is 2.62. The van der Waals surface area contributed by atoms with Crippen molar-refractivity contribution < 1.29 is 4.79 Å². The number of halogens is 1. The van der Waals surface area contributed by atoms with Crippen molar-refractivity contribution in [2.45, 2.75) is 13.5 Å². The molecule has 0 aliphatic rings. The second-order valence-corrected chi connectivity index (χ2v) is 4.41. The van der Waals surface area contributed by atoms with Crippen LogP contribution in [0.3, 0.4) is 0 Å². The van der Waals surface area contributed by atoms with Crippen LogP contribution in [0.15, 0.2) is 23.3 Å². The van der Waals surface area contributed by atoms with E-state index in [0.717, 1.165) is 11.3 Å². The topological polar surface area (TPSA) is 66.4 Å². The van der Waals surface area contributed by atoms with Crippen molar-refractivity contribution in [2.24, 2.45) is 0 Å². The van der Waals surface area contributed by atoms with Crippen molar-refractivity contribution in [1.29, 1.82) is 0 Å². The van der Waals surface area contributed by atoms with E-state index in [1.807, 2.05) is 17.5 Å². The van der Waals surface area contributed by atoms with Crippen LogP contribution < -0.4 is 10.7 Å². The molecule has 0 aliphatic carbocycles. The highest BCUT2D eigenvalue weighted by atomic mass is 127. The van der Waals surface area contributed by atoms with Gasteiger partial charge in [0.1, 0.15) is 5.65 Å². The minimum atomic E-state index is -0.178. The van der Waals surface area contributed by atoms with Crippen LogP contribution in [0.4, 0.5) is 4.79 Å². The largest absolute Gasteiger partial charge is 0.346 e. The zero-order valence-corrected chi connectivity index (χ0v) is 10.7.